The molecule has 5 heteroatoms. The van der Waals surface area contributed by atoms with E-state index in [1.165, 1.54) is 4.90 Å². The summed E-state index contributed by atoms with van der Waals surface area (Å²) >= 11 is 1.69. The third-order valence-corrected chi connectivity index (χ3v) is 5.40. The summed E-state index contributed by atoms with van der Waals surface area (Å²) in [7, 11) is 2.03. The van der Waals surface area contributed by atoms with Crippen molar-refractivity contribution >= 4 is 34.4 Å². The standard InChI is InChI=1S/C19H19N3OS/c1-21-17-9-4-3-8-16(17)20-19(21)13-10-18(23)22(12-13)14-6-5-7-15(11-14)24-2/h3-9,11,13H,10,12H2,1-2H3. The van der Waals surface area contributed by atoms with Gasteiger partial charge in [0.25, 0.3) is 0 Å². The lowest BCUT2D eigenvalue weighted by molar-refractivity contribution is -0.117. The summed E-state index contributed by atoms with van der Waals surface area (Å²) in [6.07, 6.45) is 2.56. The van der Waals surface area contributed by atoms with Gasteiger partial charge in [-0.3, -0.25) is 4.79 Å². The molecule has 0 bridgehead atoms. The Labute approximate surface area is 145 Å². The maximum absolute atomic E-state index is 12.6. The molecule has 4 nitrogen and oxygen atoms in total. The van der Waals surface area contributed by atoms with Crippen molar-refractivity contribution < 1.29 is 4.79 Å². The maximum atomic E-state index is 12.6. The van der Waals surface area contributed by atoms with Crippen molar-refractivity contribution in [2.45, 2.75) is 17.2 Å². The highest BCUT2D eigenvalue weighted by atomic mass is 32.2. The van der Waals surface area contributed by atoms with E-state index in [0.717, 1.165) is 22.5 Å². The molecule has 0 spiro atoms. The van der Waals surface area contributed by atoms with Gasteiger partial charge in [-0.15, -0.1) is 11.8 Å². The zero-order valence-corrected chi connectivity index (χ0v) is 14.6. The van der Waals surface area contributed by atoms with Gasteiger partial charge in [-0.05, 0) is 36.6 Å². The fraction of sp³-hybridized carbons (Fsp3) is 0.263. The number of fused-ring (bicyclic) bond motifs is 1. The van der Waals surface area contributed by atoms with E-state index in [1.807, 2.05) is 48.5 Å². The minimum Gasteiger partial charge on any atom is -0.331 e. The third kappa shape index (κ3) is 2.49. The predicted molar refractivity (Wildman–Crippen MR) is 98.6 cm³/mol. The molecule has 4 rings (SSSR count). The Balaban J connectivity index is 1.66. The van der Waals surface area contributed by atoms with Gasteiger partial charge in [0.15, 0.2) is 0 Å². The van der Waals surface area contributed by atoms with Crippen LogP contribution in [0.25, 0.3) is 11.0 Å². The van der Waals surface area contributed by atoms with Gasteiger partial charge in [-0.1, -0.05) is 18.2 Å². The van der Waals surface area contributed by atoms with E-state index in [-0.39, 0.29) is 11.8 Å². The fourth-order valence-corrected chi connectivity index (χ4v) is 3.89. The first-order valence-electron chi connectivity index (χ1n) is 8.03. The maximum Gasteiger partial charge on any atom is 0.227 e. The Kier molecular flexibility index (Phi) is 3.81. The highest BCUT2D eigenvalue weighted by molar-refractivity contribution is 7.98. The van der Waals surface area contributed by atoms with Crippen molar-refractivity contribution in [3.63, 3.8) is 0 Å². The van der Waals surface area contributed by atoms with E-state index in [9.17, 15) is 4.79 Å². The summed E-state index contributed by atoms with van der Waals surface area (Å²) < 4.78 is 2.12. The first-order valence-corrected chi connectivity index (χ1v) is 9.25. The van der Waals surface area contributed by atoms with E-state index < -0.39 is 0 Å². The molecule has 1 atom stereocenters. The summed E-state index contributed by atoms with van der Waals surface area (Å²) in [5, 5.41) is 0. The van der Waals surface area contributed by atoms with Crippen LogP contribution in [0, 0.1) is 0 Å². The number of anilines is 1. The molecule has 0 N–H and O–H groups in total. The second-order valence-corrected chi connectivity index (χ2v) is 7.00. The molecule has 3 aromatic rings. The molecule has 2 aromatic carbocycles. The van der Waals surface area contributed by atoms with Crippen molar-refractivity contribution in [3.8, 4) is 0 Å². The van der Waals surface area contributed by atoms with Gasteiger partial charge in [0.1, 0.15) is 5.82 Å². The number of imidazole rings is 1. The molecule has 1 unspecified atom stereocenters. The number of aromatic nitrogens is 2. The minimum atomic E-state index is 0.132. The number of aryl methyl sites for hydroxylation is 1. The van der Waals surface area contributed by atoms with Crippen LogP contribution < -0.4 is 4.90 Å². The fourth-order valence-electron chi connectivity index (χ4n) is 3.44. The molecule has 0 saturated carbocycles. The summed E-state index contributed by atoms with van der Waals surface area (Å²) in [6.45, 7) is 0.688. The van der Waals surface area contributed by atoms with Gasteiger partial charge < -0.3 is 9.47 Å². The van der Waals surface area contributed by atoms with Gasteiger partial charge in [0.2, 0.25) is 5.91 Å². The molecule has 2 heterocycles. The number of para-hydroxylation sites is 2. The van der Waals surface area contributed by atoms with Crippen LogP contribution >= 0.6 is 11.8 Å². The Morgan fingerprint density at radius 2 is 2.00 bits per heavy atom. The van der Waals surface area contributed by atoms with E-state index in [2.05, 4.69) is 22.8 Å². The number of hydrogen-bond donors (Lipinski definition) is 0. The van der Waals surface area contributed by atoms with Crippen LogP contribution in [0.5, 0.6) is 0 Å². The van der Waals surface area contributed by atoms with E-state index in [4.69, 9.17) is 4.98 Å². The van der Waals surface area contributed by atoms with Gasteiger partial charge in [0.05, 0.1) is 11.0 Å². The molecular formula is C19H19N3OS. The van der Waals surface area contributed by atoms with Crippen molar-refractivity contribution in [1.29, 1.82) is 0 Å². The van der Waals surface area contributed by atoms with E-state index >= 15 is 0 Å². The number of hydrogen-bond acceptors (Lipinski definition) is 3. The van der Waals surface area contributed by atoms with Crippen LogP contribution in [0.15, 0.2) is 53.4 Å². The molecule has 1 aliphatic rings. The van der Waals surface area contributed by atoms with Crippen molar-refractivity contribution in [2.24, 2.45) is 7.05 Å². The Hall–Kier alpha value is -2.27. The average Bonchev–Trinajstić information content (AvgIpc) is 3.16. The van der Waals surface area contributed by atoms with Crippen molar-refractivity contribution in [2.75, 3.05) is 17.7 Å². The van der Waals surface area contributed by atoms with Crippen LogP contribution in [-0.2, 0) is 11.8 Å². The van der Waals surface area contributed by atoms with Gasteiger partial charge in [-0.25, -0.2) is 4.98 Å². The number of carbonyl (C=O) groups is 1. The minimum absolute atomic E-state index is 0.132. The number of nitrogens with zero attached hydrogens (tertiary/aromatic N) is 3. The molecule has 24 heavy (non-hydrogen) atoms. The zero-order valence-electron chi connectivity index (χ0n) is 13.8. The van der Waals surface area contributed by atoms with E-state index in [1.54, 1.807) is 11.8 Å². The van der Waals surface area contributed by atoms with Crippen LogP contribution in [0.4, 0.5) is 5.69 Å². The highest BCUT2D eigenvalue weighted by Gasteiger charge is 2.34. The number of benzene rings is 2. The lowest BCUT2D eigenvalue weighted by atomic mass is 10.1. The second-order valence-electron chi connectivity index (χ2n) is 6.12. The lowest BCUT2D eigenvalue weighted by Gasteiger charge is -2.17. The van der Waals surface area contributed by atoms with Gasteiger partial charge in [-0.2, -0.15) is 0 Å². The molecule has 1 saturated heterocycles. The number of thioether (sulfide) groups is 1. The number of rotatable bonds is 3. The predicted octanol–water partition coefficient (Wildman–Crippen LogP) is 3.82. The molecule has 0 aliphatic carbocycles. The SMILES string of the molecule is CSc1cccc(N2CC(c3nc4ccccc4n3C)CC2=O)c1. The summed E-state index contributed by atoms with van der Waals surface area (Å²) in [5.74, 6) is 1.30. The molecular weight excluding hydrogens is 318 g/mol. The lowest BCUT2D eigenvalue weighted by Crippen LogP contribution is -2.24. The second kappa shape index (κ2) is 5.98. The molecule has 122 valence electrons. The van der Waals surface area contributed by atoms with Gasteiger partial charge in [0, 0.05) is 36.5 Å². The third-order valence-electron chi connectivity index (χ3n) is 4.68. The smallest absolute Gasteiger partial charge is 0.227 e. The van der Waals surface area contributed by atoms with Crippen LogP contribution in [0.3, 0.4) is 0 Å². The molecule has 1 aromatic heterocycles. The van der Waals surface area contributed by atoms with Crippen molar-refractivity contribution in [3.05, 3.63) is 54.4 Å². The Morgan fingerprint density at radius 3 is 2.79 bits per heavy atom. The highest BCUT2D eigenvalue weighted by Crippen LogP contribution is 2.33. The largest absolute Gasteiger partial charge is 0.331 e. The average molecular weight is 337 g/mol. The normalized spacial score (nSPS) is 17.8. The van der Waals surface area contributed by atoms with Crippen molar-refractivity contribution in [1.82, 2.24) is 9.55 Å². The first-order chi connectivity index (χ1) is 11.7. The van der Waals surface area contributed by atoms with Crippen LogP contribution in [0.2, 0.25) is 0 Å². The molecule has 1 fully saturated rings. The molecule has 1 aliphatic heterocycles. The summed E-state index contributed by atoms with van der Waals surface area (Å²) in [6, 6.07) is 16.3. The zero-order chi connectivity index (χ0) is 16.7. The Bertz CT molecular complexity index is 918. The molecule has 1 amide bonds. The van der Waals surface area contributed by atoms with Crippen LogP contribution in [0.1, 0.15) is 18.2 Å². The van der Waals surface area contributed by atoms with Crippen LogP contribution in [-0.4, -0.2) is 28.3 Å². The summed E-state index contributed by atoms with van der Waals surface area (Å²) in [5.41, 5.74) is 3.08. The summed E-state index contributed by atoms with van der Waals surface area (Å²) in [4.78, 5) is 20.4. The number of carbonyl (C=O) groups excluding carboxylic acids is 1. The monoisotopic (exact) mass is 337 g/mol. The molecule has 0 radical (unpaired) electrons. The quantitative estimate of drug-likeness (QED) is 0.682. The van der Waals surface area contributed by atoms with E-state index in [0.29, 0.717) is 13.0 Å². The number of amides is 1. The Morgan fingerprint density at radius 1 is 1.17 bits per heavy atom. The first kappa shape index (κ1) is 15.3. The topological polar surface area (TPSA) is 38.1 Å². The van der Waals surface area contributed by atoms with Gasteiger partial charge >= 0.3 is 0 Å².